The number of aromatic nitrogens is 1. The zero-order chi connectivity index (χ0) is 15.6. The molecule has 0 aliphatic rings. The molecule has 1 N–H and O–H groups in total. The molecule has 4 heteroatoms. The molecule has 0 saturated heterocycles. The maximum atomic E-state index is 8.82. The van der Waals surface area contributed by atoms with Crippen molar-refractivity contribution in [3.05, 3.63) is 60.7 Å². The van der Waals surface area contributed by atoms with Crippen LogP contribution in [0.2, 0.25) is 0 Å². The quantitative estimate of drug-likeness (QED) is 0.618. The number of hydrogen-bond acceptors (Lipinski definition) is 4. The standard InChI is InChI=1S/C19H15NO3/c21-9-10-22-16-7-8-18-17(12-16)20-19(23-18)15-6-5-13-3-1-2-4-14(13)11-15/h1-8,11-12,21H,9-10H2. The summed E-state index contributed by atoms with van der Waals surface area (Å²) in [6.07, 6.45) is 0. The van der Waals surface area contributed by atoms with Gasteiger partial charge in [0.05, 0.1) is 6.61 Å². The van der Waals surface area contributed by atoms with Gasteiger partial charge in [0, 0.05) is 11.6 Å². The number of oxazole rings is 1. The first-order chi connectivity index (χ1) is 11.3. The summed E-state index contributed by atoms with van der Waals surface area (Å²) in [6, 6.07) is 19.8. The Balaban J connectivity index is 1.75. The predicted molar refractivity (Wildman–Crippen MR) is 89.5 cm³/mol. The molecule has 0 fully saturated rings. The van der Waals surface area contributed by atoms with Crippen LogP contribution in [0.5, 0.6) is 5.75 Å². The van der Waals surface area contributed by atoms with E-state index in [1.165, 1.54) is 5.39 Å². The van der Waals surface area contributed by atoms with Crippen LogP contribution >= 0.6 is 0 Å². The molecule has 0 atom stereocenters. The molecule has 1 heterocycles. The fraction of sp³-hybridized carbons (Fsp3) is 0.105. The molecule has 0 unspecified atom stereocenters. The first-order valence-electron chi connectivity index (χ1n) is 7.47. The average Bonchev–Trinajstić information content (AvgIpc) is 3.03. The van der Waals surface area contributed by atoms with Gasteiger partial charge in [-0.3, -0.25) is 0 Å². The minimum Gasteiger partial charge on any atom is -0.491 e. The van der Waals surface area contributed by atoms with Crippen LogP contribution in [-0.4, -0.2) is 23.3 Å². The summed E-state index contributed by atoms with van der Waals surface area (Å²) in [5, 5.41) is 11.2. The van der Waals surface area contributed by atoms with Crippen LogP contribution < -0.4 is 4.74 Å². The minimum atomic E-state index is -0.0147. The van der Waals surface area contributed by atoms with Crippen molar-refractivity contribution < 1.29 is 14.3 Å². The number of benzene rings is 3. The first-order valence-corrected chi connectivity index (χ1v) is 7.47. The molecule has 1 aromatic heterocycles. The molecule has 4 nitrogen and oxygen atoms in total. The van der Waals surface area contributed by atoms with Gasteiger partial charge in [0.25, 0.3) is 0 Å². The molecule has 23 heavy (non-hydrogen) atoms. The number of ether oxygens (including phenoxy) is 1. The zero-order valence-corrected chi connectivity index (χ0v) is 12.4. The van der Waals surface area contributed by atoms with Crippen molar-refractivity contribution in [2.75, 3.05) is 13.2 Å². The Labute approximate surface area is 133 Å². The van der Waals surface area contributed by atoms with E-state index in [0.29, 0.717) is 17.2 Å². The van der Waals surface area contributed by atoms with Gasteiger partial charge in [-0.15, -0.1) is 0 Å². The molecular formula is C19H15NO3. The lowest BCUT2D eigenvalue weighted by atomic mass is 10.1. The van der Waals surface area contributed by atoms with Crippen molar-refractivity contribution >= 4 is 21.9 Å². The molecule has 0 saturated carbocycles. The normalized spacial score (nSPS) is 11.2. The van der Waals surface area contributed by atoms with Gasteiger partial charge in [0.1, 0.15) is 17.9 Å². The number of nitrogens with zero attached hydrogens (tertiary/aromatic N) is 1. The van der Waals surface area contributed by atoms with Gasteiger partial charge < -0.3 is 14.3 Å². The average molecular weight is 305 g/mol. The van der Waals surface area contributed by atoms with Crippen molar-refractivity contribution in [2.45, 2.75) is 0 Å². The van der Waals surface area contributed by atoms with E-state index in [0.717, 1.165) is 16.5 Å². The lowest BCUT2D eigenvalue weighted by Gasteiger charge is -2.02. The van der Waals surface area contributed by atoms with E-state index in [-0.39, 0.29) is 13.2 Å². The monoisotopic (exact) mass is 305 g/mol. The number of aliphatic hydroxyl groups excluding tert-OH is 1. The number of fused-ring (bicyclic) bond motifs is 2. The largest absolute Gasteiger partial charge is 0.491 e. The highest BCUT2D eigenvalue weighted by molar-refractivity contribution is 5.87. The summed E-state index contributed by atoms with van der Waals surface area (Å²) in [6.45, 7) is 0.250. The number of rotatable bonds is 4. The van der Waals surface area contributed by atoms with Gasteiger partial charge in [-0.1, -0.05) is 30.3 Å². The Bertz CT molecular complexity index is 975. The topological polar surface area (TPSA) is 55.5 Å². The predicted octanol–water partition coefficient (Wildman–Crippen LogP) is 4.02. The summed E-state index contributed by atoms with van der Waals surface area (Å²) in [5.41, 5.74) is 2.39. The lowest BCUT2D eigenvalue weighted by molar-refractivity contribution is 0.201. The molecule has 4 aromatic rings. The van der Waals surface area contributed by atoms with Gasteiger partial charge in [-0.05, 0) is 35.0 Å². The second-order valence-corrected chi connectivity index (χ2v) is 5.28. The first kappa shape index (κ1) is 13.8. The van der Waals surface area contributed by atoms with Gasteiger partial charge >= 0.3 is 0 Å². The van der Waals surface area contributed by atoms with E-state index in [9.17, 15) is 0 Å². The van der Waals surface area contributed by atoms with E-state index in [4.69, 9.17) is 14.3 Å². The Morgan fingerprint density at radius 3 is 2.70 bits per heavy atom. The third-order valence-electron chi connectivity index (χ3n) is 3.72. The van der Waals surface area contributed by atoms with Crippen molar-refractivity contribution in [2.24, 2.45) is 0 Å². The second kappa shape index (κ2) is 5.74. The van der Waals surface area contributed by atoms with E-state index in [2.05, 4.69) is 29.2 Å². The zero-order valence-electron chi connectivity index (χ0n) is 12.4. The Kier molecular flexibility index (Phi) is 3.44. The van der Waals surface area contributed by atoms with Crippen LogP contribution in [-0.2, 0) is 0 Å². The van der Waals surface area contributed by atoms with Crippen LogP contribution in [0.1, 0.15) is 0 Å². The SMILES string of the molecule is OCCOc1ccc2oc(-c3ccc4ccccc4c3)nc2c1. The maximum Gasteiger partial charge on any atom is 0.227 e. The highest BCUT2D eigenvalue weighted by Gasteiger charge is 2.10. The molecule has 0 bridgehead atoms. The molecular weight excluding hydrogens is 290 g/mol. The van der Waals surface area contributed by atoms with E-state index in [1.807, 2.05) is 36.4 Å². The molecule has 0 aliphatic carbocycles. The number of hydrogen-bond donors (Lipinski definition) is 1. The summed E-state index contributed by atoms with van der Waals surface area (Å²) < 4.78 is 11.3. The fourth-order valence-corrected chi connectivity index (χ4v) is 2.61. The molecule has 0 amide bonds. The minimum absolute atomic E-state index is 0.0147. The molecule has 0 aliphatic heterocycles. The van der Waals surface area contributed by atoms with Crippen molar-refractivity contribution in [1.82, 2.24) is 4.98 Å². The van der Waals surface area contributed by atoms with Crippen LogP contribution in [0.25, 0.3) is 33.3 Å². The Morgan fingerprint density at radius 2 is 1.83 bits per heavy atom. The van der Waals surface area contributed by atoms with E-state index >= 15 is 0 Å². The molecule has 3 aromatic carbocycles. The van der Waals surface area contributed by atoms with Gasteiger partial charge in [0.2, 0.25) is 5.89 Å². The summed E-state index contributed by atoms with van der Waals surface area (Å²) >= 11 is 0. The van der Waals surface area contributed by atoms with Crippen LogP contribution in [0.3, 0.4) is 0 Å². The molecule has 4 rings (SSSR count). The van der Waals surface area contributed by atoms with Gasteiger partial charge in [-0.25, -0.2) is 4.98 Å². The molecule has 0 spiro atoms. The molecule has 0 radical (unpaired) electrons. The van der Waals surface area contributed by atoms with Crippen LogP contribution in [0.15, 0.2) is 65.1 Å². The summed E-state index contributed by atoms with van der Waals surface area (Å²) in [7, 11) is 0. The van der Waals surface area contributed by atoms with Crippen molar-refractivity contribution in [1.29, 1.82) is 0 Å². The smallest absolute Gasteiger partial charge is 0.227 e. The number of aliphatic hydroxyl groups is 1. The van der Waals surface area contributed by atoms with Crippen molar-refractivity contribution in [3.8, 4) is 17.2 Å². The van der Waals surface area contributed by atoms with Gasteiger partial charge in [-0.2, -0.15) is 0 Å². The fourth-order valence-electron chi connectivity index (χ4n) is 2.61. The Morgan fingerprint density at radius 1 is 0.957 bits per heavy atom. The Hall–Kier alpha value is -2.85. The van der Waals surface area contributed by atoms with Crippen molar-refractivity contribution in [3.63, 3.8) is 0 Å². The van der Waals surface area contributed by atoms with E-state index in [1.54, 1.807) is 0 Å². The third kappa shape index (κ3) is 2.64. The summed E-state index contributed by atoms with van der Waals surface area (Å²) in [4.78, 5) is 4.55. The lowest BCUT2D eigenvalue weighted by Crippen LogP contribution is -2.01. The van der Waals surface area contributed by atoms with Gasteiger partial charge in [0.15, 0.2) is 5.58 Å². The third-order valence-corrected chi connectivity index (χ3v) is 3.72. The second-order valence-electron chi connectivity index (χ2n) is 5.28. The maximum absolute atomic E-state index is 8.82. The molecule has 114 valence electrons. The van der Waals surface area contributed by atoms with Crippen LogP contribution in [0, 0.1) is 0 Å². The van der Waals surface area contributed by atoms with E-state index < -0.39 is 0 Å². The van der Waals surface area contributed by atoms with Crippen LogP contribution in [0.4, 0.5) is 0 Å². The summed E-state index contributed by atoms with van der Waals surface area (Å²) in [5.74, 6) is 1.26. The highest BCUT2D eigenvalue weighted by Crippen LogP contribution is 2.29. The highest BCUT2D eigenvalue weighted by atomic mass is 16.5.